The van der Waals surface area contributed by atoms with Crippen LogP contribution in [0.15, 0.2) is 28.7 Å². The summed E-state index contributed by atoms with van der Waals surface area (Å²) >= 11 is 5.59. The largest absolute Gasteiger partial charge is 0.378 e. The Morgan fingerprint density at radius 3 is 2.47 bits per heavy atom. The standard InChI is InChI=1S/C12H13BrINO2/c13-10-3-1-9(2-4-10)11(14)12(16)15-5-7-17-8-6-15/h1-4,11H,5-8H2/t11-/m0/s1. The van der Waals surface area contributed by atoms with Crippen LogP contribution in [0.4, 0.5) is 0 Å². The Kier molecular flexibility index (Phi) is 4.81. The van der Waals surface area contributed by atoms with Gasteiger partial charge in [-0.05, 0) is 17.7 Å². The number of rotatable bonds is 2. The van der Waals surface area contributed by atoms with Gasteiger partial charge in [0.1, 0.15) is 3.92 Å². The lowest BCUT2D eigenvalue weighted by atomic mass is 10.1. The van der Waals surface area contributed by atoms with E-state index in [9.17, 15) is 4.79 Å². The molecule has 1 aromatic carbocycles. The van der Waals surface area contributed by atoms with E-state index in [0.717, 1.165) is 10.0 Å². The van der Waals surface area contributed by atoms with Crippen molar-refractivity contribution in [3.8, 4) is 0 Å². The number of ether oxygens (including phenoxy) is 1. The second-order valence-corrected chi connectivity index (χ2v) is 6.01. The third kappa shape index (κ3) is 3.42. The van der Waals surface area contributed by atoms with Gasteiger partial charge in [0.15, 0.2) is 0 Å². The number of amides is 1. The molecule has 17 heavy (non-hydrogen) atoms. The van der Waals surface area contributed by atoms with Crippen molar-refractivity contribution in [1.29, 1.82) is 0 Å². The van der Waals surface area contributed by atoms with Gasteiger partial charge in [-0.1, -0.05) is 50.7 Å². The van der Waals surface area contributed by atoms with Crippen molar-refractivity contribution >= 4 is 44.4 Å². The van der Waals surface area contributed by atoms with E-state index in [0.29, 0.717) is 26.3 Å². The fourth-order valence-electron chi connectivity index (χ4n) is 1.72. The number of morpholine rings is 1. The van der Waals surface area contributed by atoms with Crippen LogP contribution in [0.25, 0.3) is 0 Å². The van der Waals surface area contributed by atoms with Crippen LogP contribution < -0.4 is 0 Å². The Balaban J connectivity index is 2.05. The maximum absolute atomic E-state index is 12.2. The lowest BCUT2D eigenvalue weighted by Gasteiger charge is -2.28. The fraction of sp³-hybridized carbons (Fsp3) is 0.417. The SMILES string of the molecule is O=C([C@@H](I)c1ccc(Br)cc1)N1CCOCC1. The van der Waals surface area contributed by atoms with Gasteiger partial charge < -0.3 is 9.64 Å². The van der Waals surface area contributed by atoms with Gasteiger partial charge in [-0.25, -0.2) is 0 Å². The highest BCUT2D eigenvalue weighted by Crippen LogP contribution is 2.27. The minimum atomic E-state index is -0.112. The average molecular weight is 410 g/mol. The first-order chi connectivity index (χ1) is 8.18. The van der Waals surface area contributed by atoms with E-state index < -0.39 is 0 Å². The van der Waals surface area contributed by atoms with Crippen LogP contribution in [0.3, 0.4) is 0 Å². The van der Waals surface area contributed by atoms with Gasteiger partial charge in [-0.15, -0.1) is 0 Å². The van der Waals surface area contributed by atoms with Crippen LogP contribution in [-0.4, -0.2) is 37.1 Å². The van der Waals surface area contributed by atoms with E-state index in [-0.39, 0.29) is 9.83 Å². The normalized spacial score (nSPS) is 17.9. The molecule has 1 aliphatic heterocycles. The zero-order valence-corrected chi connectivity index (χ0v) is 13.0. The smallest absolute Gasteiger partial charge is 0.240 e. The first-order valence-corrected chi connectivity index (χ1v) is 7.48. The van der Waals surface area contributed by atoms with Crippen molar-refractivity contribution in [3.05, 3.63) is 34.3 Å². The van der Waals surface area contributed by atoms with Crippen LogP contribution in [0.2, 0.25) is 0 Å². The highest BCUT2D eigenvalue weighted by atomic mass is 127. The van der Waals surface area contributed by atoms with Crippen molar-refractivity contribution in [1.82, 2.24) is 4.90 Å². The maximum Gasteiger partial charge on any atom is 0.240 e. The molecule has 0 aromatic heterocycles. The maximum atomic E-state index is 12.2. The van der Waals surface area contributed by atoms with Crippen LogP contribution >= 0.6 is 38.5 Å². The van der Waals surface area contributed by atoms with Crippen molar-refractivity contribution in [2.24, 2.45) is 0 Å². The predicted molar refractivity (Wildman–Crippen MR) is 78.3 cm³/mol. The fourth-order valence-corrected chi connectivity index (χ4v) is 2.79. The summed E-state index contributed by atoms with van der Waals surface area (Å²) in [5.74, 6) is 0.177. The first kappa shape index (κ1) is 13.3. The number of carbonyl (C=O) groups excluding carboxylic acids is 1. The molecule has 1 amide bonds. The summed E-state index contributed by atoms with van der Waals surface area (Å²) in [5, 5.41) is 0. The predicted octanol–water partition coefficient (Wildman–Crippen LogP) is 2.78. The molecule has 1 atom stereocenters. The van der Waals surface area contributed by atoms with E-state index in [1.165, 1.54) is 0 Å². The highest BCUT2D eigenvalue weighted by Gasteiger charge is 2.24. The van der Waals surface area contributed by atoms with Gasteiger partial charge in [-0.3, -0.25) is 4.79 Å². The topological polar surface area (TPSA) is 29.5 Å². The molecule has 0 radical (unpaired) electrons. The Hall–Kier alpha value is -0.140. The number of nitrogens with zero attached hydrogens (tertiary/aromatic N) is 1. The van der Waals surface area contributed by atoms with Gasteiger partial charge >= 0.3 is 0 Å². The second kappa shape index (κ2) is 6.15. The summed E-state index contributed by atoms with van der Waals surface area (Å²) in [6, 6.07) is 7.90. The zero-order chi connectivity index (χ0) is 12.3. The third-order valence-electron chi connectivity index (χ3n) is 2.70. The molecule has 0 saturated carbocycles. The molecule has 1 saturated heterocycles. The van der Waals surface area contributed by atoms with Gasteiger partial charge in [0.25, 0.3) is 0 Å². The van der Waals surface area contributed by atoms with Gasteiger partial charge in [0.2, 0.25) is 5.91 Å². The molecule has 3 nitrogen and oxygen atoms in total. The molecule has 1 fully saturated rings. The van der Waals surface area contributed by atoms with Crippen molar-refractivity contribution in [2.75, 3.05) is 26.3 Å². The summed E-state index contributed by atoms with van der Waals surface area (Å²) in [6.07, 6.45) is 0. The summed E-state index contributed by atoms with van der Waals surface area (Å²) in [4.78, 5) is 14.1. The average Bonchev–Trinajstić information content (AvgIpc) is 2.39. The van der Waals surface area contributed by atoms with Crippen LogP contribution in [0, 0.1) is 0 Å². The van der Waals surface area contributed by atoms with Crippen LogP contribution in [0.5, 0.6) is 0 Å². The summed E-state index contributed by atoms with van der Waals surface area (Å²) in [5.41, 5.74) is 1.05. The van der Waals surface area contributed by atoms with Gasteiger partial charge in [-0.2, -0.15) is 0 Å². The molecule has 0 spiro atoms. The number of alkyl halides is 1. The van der Waals surface area contributed by atoms with Crippen molar-refractivity contribution < 1.29 is 9.53 Å². The Morgan fingerprint density at radius 1 is 1.29 bits per heavy atom. The number of hydrogen-bond donors (Lipinski definition) is 0. The molecular weight excluding hydrogens is 397 g/mol. The number of hydrogen-bond acceptors (Lipinski definition) is 2. The molecule has 2 rings (SSSR count). The molecule has 1 aromatic rings. The molecule has 0 N–H and O–H groups in total. The van der Waals surface area contributed by atoms with E-state index in [2.05, 4.69) is 38.5 Å². The summed E-state index contributed by atoms with van der Waals surface area (Å²) in [7, 11) is 0. The third-order valence-corrected chi connectivity index (χ3v) is 4.48. The van der Waals surface area contributed by atoms with Gasteiger partial charge in [0.05, 0.1) is 13.2 Å². The minimum Gasteiger partial charge on any atom is -0.378 e. The van der Waals surface area contributed by atoms with E-state index in [1.54, 1.807) is 0 Å². The van der Waals surface area contributed by atoms with Gasteiger partial charge in [0, 0.05) is 17.6 Å². The minimum absolute atomic E-state index is 0.112. The molecule has 1 heterocycles. The van der Waals surface area contributed by atoms with E-state index in [4.69, 9.17) is 4.74 Å². The summed E-state index contributed by atoms with van der Waals surface area (Å²) in [6.45, 7) is 2.70. The monoisotopic (exact) mass is 409 g/mol. The molecule has 0 unspecified atom stereocenters. The number of halogens is 2. The van der Waals surface area contributed by atoms with Crippen molar-refractivity contribution in [2.45, 2.75) is 3.92 Å². The Morgan fingerprint density at radius 2 is 1.88 bits per heavy atom. The number of benzene rings is 1. The highest BCUT2D eigenvalue weighted by molar-refractivity contribution is 14.1. The summed E-state index contributed by atoms with van der Waals surface area (Å²) < 4.78 is 6.17. The van der Waals surface area contributed by atoms with Crippen LogP contribution in [0.1, 0.15) is 9.49 Å². The van der Waals surface area contributed by atoms with E-state index >= 15 is 0 Å². The molecular formula is C12H13BrINO2. The molecule has 1 aliphatic rings. The molecule has 0 aliphatic carbocycles. The lowest BCUT2D eigenvalue weighted by molar-refractivity contribution is -0.134. The quantitative estimate of drug-likeness (QED) is 0.555. The second-order valence-electron chi connectivity index (χ2n) is 3.85. The molecule has 92 valence electrons. The molecule has 0 bridgehead atoms. The molecule has 5 heteroatoms. The number of carbonyl (C=O) groups is 1. The van der Waals surface area contributed by atoms with Crippen LogP contribution in [-0.2, 0) is 9.53 Å². The Bertz CT molecular complexity index is 390. The first-order valence-electron chi connectivity index (χ1n) is 5.44. The van der Waals surface area contributed by atoms with E-state index in [1.807, 2.05) is 29.2 Å². The van der Waals surface area contributed by atoms with Crippen molar-refractivity contribution in [3.63, 3.8) is 0 Å². The zero-order valence-electron chi connectivity index (χ0n) is 9.23. The lowest BCUT2D eigenvalue weighted by Crippen LogP contribution is -2.42. The Labute approximate surface area is 123 Å².